The van der Waals surface area contributed by atoms with E-state index in [1.54, 1.807) is 30.3 Å². The number of hydrogen-bond donors (Lipinski definition) is 2. The van der Waals surface area contributed by atoms with Gasteiger partial charge in [-0.15, -0.1) is 0 Å². The summed E-state index contributed by atoms with van der Waals surface area (Å²) in [4.78, 5) is 25.1. The van der Waals surface area contributed by atoms with Crippen molar-refractivity contribution in [2.75, 3.05) is 6.61 Å². The van der Waals surface area contributed by atoms with Gasteiger partial charge in [-0.1, -0.05) is 44.2 Å². The Morgan fingerprint density at radius 3 is 2.33 bits per heavy atom. The maximum atomic E-state index is 12.6. The summed E-state index contributed by atoms with van der Waals surface area (Å²) in [6, 6.07) is 8.41. The summed E-state index contributed by atoms with van der Waals surface area (Å²) in [7, 11) is 0. The van der Waals surface area contributed by atoms with Gasteiger partial charge in [-0.2, -0.15) is 0 Å². The number of ether oxygens (including phenoxy) is 4. The molecule has 27 heavy (non-hydrogen) atoms. The fraction of sp³-hybridized carbons (Fsp3) is 0.579. The first kappa shape index (κ1) is 21.3. The molecule has 1 aromatic rings. The molecule has 0 radical (unpaired) electrons. The van der Waals surface area contributed by atoms with Crippen molar-refractivity contribution in [3.63, 3.8) is 0 Å². The third kappa shape index (κ3) is 5.74. The second-order valence-corrected chi connectivity index (χ2v) is 7.19. The normalized spacial score (nSPS) is 22.7. The van der Waals surface area contributed by atoms with Crippen LogP contribution in [0.4, 0.5) is 0 Å². The predicted molar refractivity (Wildman–Crippen MR) is 93.1 cm³/mol. The van der Waals surface area contributed by atoms with E-state index in [4.69, 9.17) is 18.9 Å². The summed E-state index contributed by atoms with van der Waals surface area (Å²) in [5.41, 5.74) is 0.430. The zero-order valence-electron chi connectivity index (χ0n) is 15.8. The van der Waals surface area contributed by atoms with Crippen molar-refractivity contribution < 1.29 is 38.7 Å². The summed E-state index contributed by atoms with van der Waals surface area (Å²) in [5, 5.41) is 18.9. The van der Waals surface area contributed by atoms with Crippen LogP contribution in [0.5, 0.6) is 0 Å². The second kappa shape index (κ2) is 8.79. The second-order valence-electron chi connectivity index (χ2n) is 7.19. The first-order valence-electron chi connectivity index (χ1n) is 8.74. The van der Waals surface area contributed by atoms with E-state index in [0.717, 1.165) is 0 Å². The molecule has 1 aromatic carbocycles. The van der Waals surface area contributed by atoms with Crippen LogP contribution in [0, 0.1) is 5.92 Å². The van der Waals surface area contributed by atoms with Crippen LogP contribution in [0.3, 0.4) is 0 Å². The largest absolute Gasteiger partial charge is 0.462 e. The van der Waals surface area contributed by atoms with Crippen LogP contribution in [0.15, 0.2) is 30.3 Å². The van der Waals surface area contributed by atoms with E-state index in [-0.39, 0.29) is 12.5 Å². The molecule has 0 spiro atoms. The van der Waals surface area contributed by atoms with Gasteiger partial charge in [0.25, 0.3) is 0 Å². The number of aliphatic hydroxyl groups excluding tert-OH is 1. The zero-order valence-corrected chi connectivity index (χ0v) is 15.8. The molecule has 0 aromatic heterocycles. The van der Waals surface area contributed by atoms with Crippen molar-refractivity contribution in [2.24, 2.45) is 5.92 Å². The lowest BCUT2D eigenvalue weighted by atomic mass is 10.1. The Labute approximate surface area is 158 Å². The van der Waals surface area contributed by atoms with Crippen molar-refractivity contribution in [3.05, 3.63) is 35.9 Å². The van der Waals surface area contributed by atoms with Crippen molar-refractivity contribution >= 4 is 11.9 Å². The molecule has 8 nitrogen and oxygen atoms in total. The fourth-order valence-corrected chi connectivity index (χ4v) is 2.58. The van der Waals surface area contributed by atoms with Gasteiger partial charge >= 0.3 is 11.9 Å². The number of aliphatic hydroxyl groups is 2. The van der Waals surface area contributed by atoms with Crippen LogP contribution in [0.1, 0.15) is 39.4 Å². The molecule has 1 aliphatic heterocycles. The zero-order chi connectivity index (χ0) is 20.2. The van der Waals surface area contributed by atoms with Crippen LogP contribution in [-0.2, 0) is 28.5 Å². The molecule has 2 rings (SSSR count). The summed E-state index contributed by atoms with van der Waals surface area (Å²) in [5.74, 6) is -2.77. The molecule has 0 saturated carbocycles. The molecule has 0 bridgehead atoms. The van der Waals surface area contributed by atoms with Crippen LogP contribution in [0.2, 0.25) is 0 Å². The smallest absolute Gasteiger partial charge is 0.352 e. The Morgan fingerprint density at radius 1 is 1.15 bits per heavy atom. The van der Waals surface area contributed by atoms with Gasteiger partial charge in [0.1, 0.15) is 6.10 Å². The van der Waals surface area contributed by atoms with E-state index in [2.05, 4.69) is 0 Å². The van der Waals surface area contributed by atoms with Crippen LogP contribution in [-0.4, -0.2) is 53.0 Å². The molecule has 8 heteroatoms. The molecule has 0 unspecified atom stereocenters. The average Bonchev–Trinajstić information content (AvgIpc) is 2.94. The lowest BCUT2D eigenvalue weighted by Crippen LogP contribution is -2.41. The highest BCUT2D eigenvalue weighted by Crippen LogP contribution is 2.31. The van der Waals surface area contributed by atoms with E-state index >= 15 is 0 Å². The maximum absolute atomic E-state index is 12.6. The Balaban J connectivity index is 2.19. The van der Waals surface area contributed by atoms with Gasteiger partial charge in [0.15, 0.2) is 18.2 Å². The molecule has 0 aliphatic carbocycles. The molecule has 1 fully saturated rings. The average molecular weight is 382 g/mol. The quantitative estimate of drug-likeness (QED) is 0.536. The Morgan fingerprint density at radius 2 is 1.78 bits per heavy atom. The van der Waals surface area contributed by atoms with Crippen LogP contribution >= 0.6 is 0 Å². The Kier molecular flexibility index (Phi) is 6.94. The first-order chi connectivity index (χ1) is 12.6. The van der Waals surface area contributed by atoms with E-state index in [1.165, 1.54) is 13.8 Å². The molecule has 2 N–H and O–H groups in total. The van der Waals surface area contributed by atoms with Crippen molar-refractivity contribution in [3.8, 4) is 0 Å². The van der Waals surface area contributed by atoms with E-state index in [9.17, 15) is 19.8 Å². The highest BCUT2D eigenvalue weighted by molar-refractivity contribution is 5.83. The number of hydrogen-bond acceptors (Lipinski definition) is 8. The third-order valence-corrected chi connectivity index (χ3v) is 3.76. The van der Waals surface area contributed by atoms with E-state index in [0.29, 0.717) is 5.56 Å². The minimum absolute atomic E-state index is 0.113. The minimum Gasteiger partial charge on any atom is -0.462 e. The molecule has 150 valence electrons. The lowest BCUT2D eigenvalue weighted by molar-refractivity contribution is -0.184. The van der Waals surface area contributed by atoms with Gasteiger partial charge < -0.3 is 29.2 Å². The molecule has 1 heterocycles. The van der Waals surface area contributed by atoms with Crippen molar-refractivity contribution in [1.29, 1.82) is 0 Å². The number of esters is 2. The molecular formula is C19H26O8. The summed E-state index contributed by atoms with van der Waals surface area (Å²) in [6.07, 6.45) is -5.99. The van der Waals surface area contributed by atoms with Gasteiger partial charge in [0.2, 0.25) is 6.10 Å². The van der Waals surface area contributed by atoms with Gasteiger partial charge in [-0.3, -0.25) is 0 Å². The van der Waals surface area contributed by atoms with Crippen LogP contribution < -0.4 is 0 Å². The van der Waals surface area contributed by atoms with Crippen molar-refractivity contribution in [1.82, 2.24) is 0 Å². The molecular weight excluding hydrogens is 356 g/mol. The van der Waals surface area contributed by atoms with E-state index < -0.39 is 42.3 Å². The van der Waals surface area contributed by atoms with Crippen LogP contribution in [0.25, 0.3) is 0 Å². The first-order valence-corrected chi connectivity index (χ1v) is 8.74. The Bertz CT molecular complexity index is 640. The van der Waals surface area contributed by atoms with Gasteiger partial charge in [0, 0.05) is 5.56 Å². The van der Waals surface area contributed by atoms with Gasteiger partial charge in [0.05, 0.1) is 6.61 Å². The Hall–Kier alpha value is -2.00. The highest BCUT2D eigenvalue weighted by Gasteiger charge is 2.50. The SMILES string of the molecule is CC(C)COC(=O)[C@@H](OC(=O)[C@@H]1OC(C)(C)O[C@H]1C(O)O)c1ccccc1. The molecule has 1 aliphatic rings. The molecule has 3 atom stereocenters. The van der Waals surface area contributed by atoms with E-state index in [1.807, 2.05) is 13.8 Å². The third-order valence-electron chi connectivity index (χ3n) is 3.76. The van der Waals surface area contributed by atoms with Crippen molar-refractivity contribution in [2.45, 2.75) is 58.1 Å². The number of benzene rings is 1. The lowest BCUT2D eigenvalue weighted by Gasteiger charge is -2.22. The number of rotatable bonds is 7. The molecule has 1 saturated heterocycles. The standard InChI is InChI=1S/C19H26O8/c1-11(2)10-24-17(22)13(12-8-6-5-7-9-12)25-18(23)15-14(16(20)21)26-19(3,4)27-15/h5-9,11,13-16,20-21H,10H2,1-4H3/t13-,14+,15+/m0/s1. The molecule has 0 amide bonds. The monoisotopic (exact) mass is 382 g/mol. The fourth-order valence-electron chi connectivity index (χ4n) is 2.58. The predicted octanol–water partition coefficient (Wildman–Crippen LogP) is 1.30. The van der Waals surface area contributed by atoms with Gasteiger partial charge in [-0.05, 0) is 19.8 Å². The highest BCUT2D eigenvalue weighted by atomic mass is 16.8. The maximum Gasteiger partial charge on any atom is 0.352 e. The summed E-state index contributed by atoms with van der Waals surface area (Å²) < 4.78 is 21.3. The number of carbonyl (C=O) groups excluding carboxylic acids is 2. The summed E-state index contributed by atoms with van der Waals surface area (Å²) >= 11 is 0. The van der Waals surface area contributed by atoms with Gasteiger partial charge in [-0.25, -0.2) is 9.59 Å². The topological polar surface area (TPSA) is 112 Å². The summed E-state index contributed by atoms with van der Waals surface area (Å²) in [6.45, 7) is 7.00. The minimum atomic E-state index is -1.95. The number of carbonyl (C=O) groups is 2.